The molecule has 0 unspecified atom stereocenters. The zero-order valence-electron chi connectivity index (χ0n) is 18.1. The predicted octanol–water partition coefficient (Wildman–Crippen LogP) is 3.79. The van der Waals surface area contributed by atoms with Crippen molar-refractivity contribution in [3.05, 3.63) is 53.1 Å². The highest BCUT2D eigenvalue weighted by molar-refractivity contribution is 6.01. The second-order valence-electron chi connectivity index (χ2n) is 8.72. The molecule has 0 spiro atoms. The van der Waals surface area contributed by atoms with Crippen LogP contribution in [0.25, 0.3) is 0 Å². The van der Waals surface area contributed by atoms with E-state index < -0.39 is 0 Å². The molecule has 2 aromatic rings. The lowest BCUT2D eigenvalue weighted by Crippen LogP contribution is -2.37. The molecule has 0 aliphatic carbocycles. The van der Waals surface area contributed by atoms with E-state index in [-0.39, 0.29) is 30.2 Å². The van der Waals surface area contributed by atoms with E-state index in [1.165, 1.54) is 0 Å². The van der Waals surface area contributed by atoms with Crippen molar-refractivity contribution in [1.82, 2.24) is 4.90 Å². The summed E-state index contributed by atoms with van der Waals surface area (Å²) in [4.78, 5) is 30.1. The fraction of sp³-hybridized carbons (Fsp3) is 0.440. The maximum Gasteiger partial charge on any atom is 0.228 e. The minimum absolute atomic E-state index is 0.0215. The van der Waals surface area contributed by atoms with Gasteiger partial charge in [-0.05, 0) is 61.6 Å². The summed E-state index contributed by atoms with van der Waals surface area (Å²) < 4.78 is 11.4. The van der Waals surface area contributed by atoms with E-state index in [1.807, 2.05) is 55.1 Å². The first-order valence-corrected chi connectivity index (χ1v) is 11.1. The highest BCUT2D eigenvalue weighted by Gasteiger charge is 2.41. The molecule has 6 heteroatoms. The van der Waals surface area contributed by atoms with Gasteiger partial charge in [-0.3, -0.25) is 9.59 Å². The SMILES string of the molecule is Cc1cccc(N2C[C@@H](C(=O)N3CCC[C@H]3c3ccc4c(c3)OCCO4)CC2=O)c1C. The molecule has 6 nitrogen and oxygen atoms in total. The molecule has 2 saturated heterocycles. The molecule has 3 aliphatic rings. The van der Waals surface area contributed by atoms with Crippen LogP contribution in [0.1, 0.15) is 42.0 Å². The quantitative estimate of drug-likeness (QED) is 0.758. The molecule has 2 atom stereocenters. The Morgan fingerprint density at radius 3 is 2.71 bits per heavy atom. The number of benzene rings is 2. The Labute approximate surface area is 182 Å². The second-order valence-corrected chi connectivity index (χ2v) is 8.72. The molecule has 3 aliphatic heterocycles. The topological polar surface area (TPSA) is 59.1 Å². The number of amides is 2. The van der Waals surface area contributed by atoms with Gasteiger partial charge in [0.2, 0.25) is 11.8 Å². The number of likely N-dealkylation sites (tertiary alicyclic amines) is 1. The van der Waals surface area contributed by atoms with Gasteiger partial charge < -0.3 is 19.3 Å². The molecule has 0 saturated carbocycles. The van der Waals surface area contributed by atoms with Gasteiger partial charge >= 0.3 is 0 Å². The minimum atomic E-state index is -0.301. The Balaban J connectivity index is 1.35. The number of aryl methyl sites for hydroxylation is 1. The largest absolute Gasteiger partial charge is 0.486 e. The first-order chi connectivity index (χ1) is 15.0. The van der Waals surface area contributed by atoms with Gasteiger partial charge in [0.15, 0.2) is 11.5 Å². The molecule has 2 fully saturated rings. The molecule has 2 aromatic carbocycles. The zero-order chi connectivity index (χ0) is 21.5. The van der Waals surface area contributed by atoms with Crippen molar-refractivity contribution in [2.45, 2.75) is 39.2 Å². The number of carbonyl (C=O) groups excluding carboxylic acids is 2. The van der Waals surface area contributed by atoms with Crippen LogP contribution in [-0.2, 0) is 9.59 Å². The monoisotopic (exact) mass is 420 g/mol. The van der Waals surface area contributed by atoms with E-state index in [0.29, 0.717) is 19.8 Å². The molecule has 0 bridgehead atoms. The van der Waals surface area contributed by atoms with E-state index in [9.17, 15) is 9.59 Å². The van der Waals surface area contributed by atoms with Crippen LogP contribution in [0.2, 0.25) is 0 Å². The van der Waals surface area contributed by atoms with E-state index >= 15 is 0 Å². The lowest BCUT2D eigenvalue weighted by molar-refractivity contribution is -0.136. The number of hydrogen-bond acceptors (Lipinski definition) is 4. The van der Waals surface area contributed by atoms with E-state index in [1.54, 1.807) is 4.90 Å². The molecule has 0 aromatic heterocycles. The average molecular weight is 421 g/mol. The van der Waals surface area contributed by atoms with Gasteiger partial charge in [0.05, 0.1) is 12.0 Å². The molecule has 31 heavy (non-hydrogen) atoms. The predicted molar refractivity (Wildman–Crippen MR) is 117 cm³/mol. The van der Waals surface area contributed by atoms with E-state index in [2.05, 4.69) is 0 Å². The van der Waals surface area contributed by atoms with Crippen LogP contribution in [0.4, 0.5) is 5.69 Å². The summed E-state index contributed by atoms with van der Waals surface area (Å²) in [6.45, 7) is 6.36. The lowest BCUT2D eigenvalue weighted by Gasteiger charge is -2.29. The number of ether oxygens (including phenoxy) is 2. The van der Waals surface area contributed by atoms with Gasteiger partial charge in [-0.2, -0.15) is 0 Å². The van der Waals surface area contributed by atoms with Crippen molar-refractivity contribution in [3.63, 3.8) is 0 Å². The zero-order valence-corrected chi connectivity index (χ0v) is 18.1. The summed E-state index contributed by atoms with van der Waals surface area (Å²) in [6, 6.07) is 12.0. The van der Waals surface area contributed by atoms with E-state index in [0.717, 1.165) is 53.3 Å². The van der Waals surface area contributed by atoms with Gasteiger partial charge in [0.25, 0.3) is 0 Å². The average Bonchev–Trinajstić information content (AvgIpc) is 3.42. The van der Waals surface area contributed by atoms with Crippen LogP contribution in [0.3, 0.4) is 0 Å². The maximum absolute atomic E-state index is 13.5. The normalized spacial score (nSPS) is 22.8. The van der Waals surface area contributed by atoms with Crippen molar-refractivity contribution in [3.8, 4) is 11.5 Å². The van der Waals surface area contributed by atoms with Crippen LogP contribution < -0.4 is 14.4 Å². The van der Waals surface area contributed by atoms with Crippen LogP contribution in [-0.4, -0.2) is 43.0 Å². The second kappa shape index (κ2) is 7.91. The number of hydrogen-bond donors (Lipinski definition) is 0. The van der Waals surface area contributed by atoms with Crippen LogP contribution in [0.15, 0.2) is 36.4 Å². The number of rotatable bonds is 3. The van der Waals surface area contributed by atoms with Crippen molar-refractivity contribution in [1.29, 1.82) is 0 Å². The summed E-state index contributed by atoms with van der Waals surface area (Å²) in [5.41, 5.74) is 4.24. The minimum Gasteiger partial charge on any atom is -0.486 e. The Kier molecular flexibility index (Phi) is 5.08. The van der Waals surface area contributed by atoms with Crippen molar-refractivity contribution < 1.29 is 19.1 Å². The number of carbonyl (C=O) groups is 2. The van der Waals surface area contributed by atoms with Crippen LogP contribution in [0.5, 0.6) is 11.5 Å². The molecule has 0 N–H and O–H groups in total. The smallest absolute Gasteiger partial charge is 0.228 e. The molecule has 5 rings (SSSR count). The summed E-state index contributed by atoms with van der Waals surface area (Å²) in [7, 11) is 0. The van der Waals surface area contributed by atoms with Gasteiger partial charge in [0, 0.05) is 25.2 Å². The Hall–Kier alpha value is -3.02. The van der Waals surface area contributed by atoms with Crippen molar-refractivity contribution >= 4 is 17.5 Å². The molecule has 3 heterocycles. The molecule has 162 valence electrons. The molecule has 2 amide bonds. The molecular weight excluding hydrogens is 392 g/mol. The van der Waals surface area contributed by atoms with Crippen molar-refractivity contribution in [2.75, 3.05) is 31.2 Å². The summed E-state index contributed by atoms with van der Waals surface area (Å²) >= 11 is 0. The Morgan fingerprint density at radius 1 is 1.06 bits per heavy atom. The summed E-state index contributed by atoms with van der Waals surface area (Å²) in [5.74, 6) is 1.32. The Bertz CT molecular complexity index is 1030. The maximum atomic E-state index is 13.5. The highest BCUT2D eigenvalue weighted by atomic mass is 16.6. The highest BCUT2D eigenvalue weighted by Crippen LogP contribution is 2.40. The third-order valence-corrected chi connectivity index (χ3v) is 6.83. The molecule has 0 radical (unpaired) electrons. The Morgan fingerprint density at radius 2 is 1.87 bits per heavy atom. The standard InChI is InChI=1S/C25H28N2O4/c1-16-5-3-6-20(17(16)2)27-15-19(14-24(27)28)25(29)26-10-4-7-21(26)18-8-9-22-23(13-18)31-12-11-30-22/h3,5-6,8-9,13,19,21H,4,7,10-12,14-15H2,1-2H3/t19-,21-/m0/s1. The van der Waals surface area contributed by atoms with Crippen molar-refractivity contribution in [2.24, 2.45) is 5.92 Å². The fourth-order valence-corrected chi connectivity index (χ4v) is 5.01. The first kappa shape index (κ1) is 19.9. The lowest BCUT2D eigenvalue weighted by atomic mass is 10.0. The van der Waals surface area contributed by atoms with Gasteiger partial charge in [-0.1, -0.05) is 18.2 Å². The number of nitrogens with zero attached hydrogens (tertiary/aromatic N) is 2. The van der Waals surface area contributed by atoms with Crippen LogP contribution in [0, 0.1) is 19.8 Å². The fourth-order valence-electron chi connectivity index (χ4n) is 5.01. The summed E-state index contributed by atoms with van der Waals surface area (Å²) in [6.07, 6.45) is 2.16. The number of fused-ring (bicyclic) bond motifs is 1. The third-order valence-electron chi connectivity index (χ3n) is 6.83. The molecular formula is C25H28N2O4. The van der Waals surface area contributed by atoms with Gasteiger partial charge in [-0.25, -0.2) is 0 Å². The first-order valence-electron chi connectivity index (χ1n) is 11.1. The van der Waals surface area contributed by atoms with E-state index in [4.69, 9.17) is 9.47 Å². The van der Waals surface area contributed by atoms with Gasteiger partial charge in [-0.15, -0.1) is 0 Å². The number of anilines is 1. The third kappa shape index (κ3) is 3.54. The van der Waals surface area contributed by atoms with Gasteiger partial charge in [0.1, 0.15) is 13.2 Å². The van der Waals surface area contributed by atoms with Crippen LogP contribution >= 0.6 is 0 Å². The summed E-state index contributed by atoms with van der Waals surface area (Å²) in [5, 5.41) is 0.